The van der Waals surface area contributed by atoms with Gasteiger partial charge in [-0.15, -0.1) is 10.2 Å². The molecular weight excluding hydrogens is 389 g/mol. The minimum atomic E-state index is -0.478. The number of benzene rings is 2. The highest BCUT2D eigenvalue weighted by molar-refractivity contribution is 7.99. The highest BCUT2D eigenvalue weighted by atomic mass is 32.2. The molecule has 3 rings (SSSR count). The van der Waals surface area contributed by atoms with Gasteiger partial charge < -0.3 is 15.3 Å². The monoisotopic (exact) mass is 405 g/mol. The summed E-state index contributed by atoms with van der Waals surface area (Å²) in [6, 6.07) is 11.6. The van der Waals surface area contributed by atoms with Gasteiger partial charge in [-0.2, -0.15) is 0 Å². The lowest BCUT2D eigenvalue weighted by molar-refractivity contribution is -0.384. The topological polar surface area (TPSA) is 118 Å². The van der Waals surface area contributed by atoms with Gasteiger partial charge in [0.15, 0.2) is 5.82 Å². The van der Waals surface area contributed by atoms with Crippen molar-refractivity contribution in [3.63, 3.8) is 0 Å². The van der Waals surface area contributed by atoms with Crippen molar-refractivity contribution >= 4 is 17.4 Å². The van der Waals surface area contributed by atoms with Crippen molar-refractivity contribution in [1.29, 1.82) is 0 Å². The molecule has 0 saturated heterocycles. The van der Waals surface area contributed by atoms with Gasteiger partial charge in [0, 0.05) is 11.8 Å². The van der Waals surface area contributed by atoms with Crippen LogP contribution in [-0.2, 0) is 6.61 Å². The lowest BCUT2D eigenvalue weighted by Gasteiger charge is -2.07. The van der Waals surface area contributed by atoms with E-state index in [9.17, 15) is 14.5 Å². The van der Waals surface area contributed by atoms with Crippen molar-refractivity contribution in [1.82, 2.24) is 14.9 Å². The van der Waals surface area contributed by atoms with E-state index in [1.165, 1.54) is 52.8 Å². The van der Waals surface area contributed by atoms with Gasteiger partial charge in [0.05, 0.1) is 17.6 Å². The van der Waals surface area contributed by atoms with Crippen LogP contribution in [0.15, 0.2) is 53.7 Å². The fraction of sp³-hybridized carbons (Fsp3) is 0.176. The Hall–Kier alpha value is -3.34. The first-order valence-corrected chi connectivity index (χ1v) is 9.09. The first-order chi connectivity index (χ1) is 13.5. The van der Waals surface area contributed by atoms with Crippen LogP contribution in [-0.4, -0.2) is 32.2 Å². The summed E-state index contributed by atoms with van der Waals surface area (Å²) in [5.41, 5.74) is -0.0300. The quantitative estimate of drug-likeness (QED) is 0.190. The molecule has 11 heteroatoms. The molecule has 1 heterocycles. The molecule has 2 aromatic carbocycles. The van der Waals surface area contributed by atoms with E-state index < -0.39 is 4.92 Å². The van der Waals surface area contributed by atoms with Gasteiger partial charge >= 0.3 is 0 Å². The minimum Gasteiger partial charge on any atom is -0.492 e. The van der Waals surface area contributed by atoms with Crippen molar-refractivity contribution in [2.24, 2.45) is 0 Å². The molecule has 0 unspecified atom stereocenters. The summed E-state index contributed by atoms with van der Waals surface area (Å²) in [7, 11) is 0. The first kappa shape index (κ1) is 19.4. The standard InChI is InChI=1S/C17H16FN5O4S/c18-12-4-6-14(7-5-12)27-11-16-20-21-17(22(16)19)28-9-8-26-15-3-1-2-13(10-15)23(24)25/h1-7,10H,8-9,11,19H2. The van der Waals surface area contributed by atoms with Gasteiger partial charge in [-0.1, -0.05) is 17.8 Å². The van der Waals surface area contributed by atoms with E-state index in [4.69, 9.17) is 15.3 Å². The first-order valence-electron chi connectivity index (χ1n) is 8.11. The second-order valence-corrected chi connectivity index (χ2v) is 6.52. The second kappa shape index (κ2) is 9.04. The number of hydrogen-bond donors (Lipinski definition) is 1. The molecule has 0 amide bonds. The number of aromatic nitrogens is 3. The Balaban J connectivity index is 1.47. The Morgan fingerprint density at radius 3 is 2.68 bits per heavy atom. The van der Waals surface area contributed by atoms with Crippen LogP contribution >= 0.6 is 11.8 Å². The van der Waals surface area contributed by atoms with Crippen LogP contribution in [0.1, 0.15) is 5.82 Å². The summed E-state index contributed by atoms with van der Waals surface area (Å²) in [5.74, 6) is 7.43. The predicted octanol–water partition coefficient (Wildman–Crippen LogP) is 2.79. The highest BCUT2D eigenvalue weighted by Gasteiger charge is 2.11. The maximum Gasteiger partial charge on any atom is 0.273 e. The number of ether oxygens (including phenoxy) is 2. The summed E-state index contributed by atoms with van der Waals surface area (Å²) >= 11 is 1.32. The Morgan fingerprint density at radius 2 is 1.93 bits per heavy atom. The summed E-state index contributed by atoms with van der Waals surface area (Å²) in [6.45, 7) is 0.389. The second-order valence-electron chi connectivity index (χ2n) is 5.46. The van der Waals surface area contributed by atoms with E-state index in [1.807, 2.05) is 0 Å². The molecule has 3 aromatic rings. The van der Waals surface area contributed by atoms with Crippen LogP contribution in [0.3, 0.4) is 0 Å². The molecule has 0 aliphatic rings. The van der Waals surface area contributed by atoms with E-state index in [2.05, 4.69) is 10.2 Å². The van der Waals surface area contributed by atoms with Crippen LogP contribution in [0.25, 0.3) is 0 Å². The molecule has 28 heavy (non-hydrogen) atoms. The van der Waals surface area contributed by atoms with E-state index >= 15 is 0 Å². The summed E-state index contributed by atoms with van der Waals surface area (Å²) < 4.78 is 25.2. The maximum atomic E-state index is 12.9. The zero-order valence-corrected chi connectivity index (χ0v) is 15.3. The highest BCUT2D eigenvalue weighted by Crippen LogP contribution is 2.20. The van der Waals surface area contributed by atoms with E-state index in [-0.39, 0.29) is 18.1 Å². The van der Waals surface area contributed by atoms with Crippen LogP contribution in [0.4, 0.5) is 10.1 Å². The van der Waals surface area contributed by atoms with Crippen LogP contribution < -0.4 is 15.3 Å². The molecule has 2 N–H and O–H groups in total. The van der Waals surface area contributed by atoms with Gasteiger partial charge in [0.2, 0.25) is 5.16 Å². The Bertz CT molecular complexity index is 951. The van der Waals surface area contributed by atoms with Crippen molar-refractivity contribution in [3.05, 3.63) is 70.3 Å². The summed E-state index contributed by atoms with van der Waals surface area (Å²) in [5, 5.41) is 19.2. The van der Waals surface area contributed by atoms with Crippen molar-refractivity contribution in [3.8, 4) is 11.5 Å². The van der Waals surface area contributed by atoms with Gasteiger partial charge in [-0.3, -0.25) is 10.1 Å². The van der Waals surface area contributed by atoms with Crippen LogP contribution in [0, 0.1) is 15.9 Å². The number of nitro benzene ring substituents is 1. The largest absolute Gasteiger partial charge is 0.492 e. The average molecular weight is 405 g/mol. The fourth-order valence-electron chi connectivity index (χ4n) is 2.16. The maximum absolute atomic E-state index is 12.9. The van der Waals surface area contributed by atoms with Gasteiger partial charge in [0.1, 0.15) is 23.9 Å². The molecule has 9 nitrogen and oxygen atoms in total. The number of nitrogens with two attached hydrogens (primary N) is 1. The molecule has 0 spiro atoms. The Morgan fingerprint density at radius 1 is 1.14 bits per heavy atom. The van der Waals surface area contributed by atoms with E-state index in [0.717, 1.165) is 0 Å². The number of halogens is 1. The molecule has 0 fully saturated rings. The summed E-state index contributed by atoms with van der Waals surface area (Å²) in [6.07, 6.45) is 0. The zero-order valence-electron chi connectivity index (χ0n) is 14.5. The third-order valence-corrected chi connectivity index (χ3v) is 4.44. The van der Waals surface area contributed by atoms with Crippen LogP contribution in [0.2, 0.25) is 0 Å². The number of hydrogen-bond acceptors (Lipinski definition) is 8. The minimum absolute atomic E-state index is 0.0300. The normalized spacial score (nSPS) is 10.6. The van der Waals surface area contributed by atoms with E-state index in [1.54, 1.807) is 12.1 Å². The molecule has 1 aromatic heterocycles. The SMILES string of the molecule is Nn1c(COc2ccc(F)cc2)nnc1SCCOc1cccc([N+](=O)[O-])c1. The molecule has 0 saturated carbocycles. The molecule has 0 atom stereocenters. The number of nitrogen functional groups attached to an aromatic ring is 1. The number of non-ortho nitro benzene ring substituents is 1. The third kappa shape index (κ3) is 5.10. The lowest BCUT2D eigenvalue weighted by Crippen LogP contribution is -2.16. The fourth-order valence-corrected chi connectivity index (χ4v) is 2.85. The zero-order chi connectivity index (χ0) is 19.9. The Kier molecular flexibility index (Phi) is 6.27. The van der Waals surface area contributed by atoms with Gasteiger partial charge in [-0.25, -0.2) is 9.07 Å². The molecular formula is C17H16FN5O4S. The average Bonchev–Trinajstić information content (AvgIpc) is 3.05. The van der Waals surface area contributed by atoms with Crippen molar-refractivity contribution in [2.75, 3.05) is 18.2 Å². The lowest BCUT2D eigenvalue weighted by atomic mass is 10.3. The predicted molar refractivity (Wildman–Crippen MR) is 100 cm³/mol. The number of rotatable bonds is 9. The van der Waals surface area contributed by atoms with Gasteiger partial charge in [0.25, 0.3) is 5.69 Å². The molecule has 0 radical (unpaired) electrons. The number of nitro groups is 1. The summed E-state index contributed by atoms with van der Waals surface area (Å²) in [4.78, 5) is 10.3. The molecule has 0 aliphatic heterocycles. The third-order valence-electron chi connectivity index (χ3n) is 3.53. The molecule has 146 valence electrons. The molecule has 0 bridgehead atoms. The number of nitrogens with zero attached hydrogens (tertiary/aromatic N) is 4. The van der Waals surface area contributed by atoms with E-state index in [0.29, 0.717) is 34.8 Å². The smallest absolute Gasteiger partial charge is 0.273 e. The van der Waals surface area contributed by atoms with Crippen molar-refractivity contribution in [2.45, 2.75) is 11.8 Å². The van der Waals surface area contributed by atoms with Crippen LogP contribution in [0.5, 0.6) is 11.5 Å². The number of thioether (sulfide) groups is 1. The van der Waals surface area contributed by atoms with Crippen molar-refractivity contribution < 1.29 is 18.8 Å². The van der Waals surface area contributed by atoms with Gasteiger partial charge in [-0.05, 0) is 30.3 Å². The molecule has 0 aliphatic carbocycles. The Labute approximate surface area is 163 Å².